The van der Waals surface area contributed by atoms with Crippen LogP contribution >= 0.6 is 0 Å². The molecule has 0 aliphatic carbocycles. The summed E-state index contributed by atoms with van der Waals surface area (Å²) in [6, 6.07) is 16.7. The quantitative estimate of drug-likeness (QED) is 0.185. The molecule has 2 rings (SSSR count). The molecule has 0 radical (unpaired) electrons. The number of halogens is 1. The lowest BCUT2D eigenvalue weighted by Crippen LogP contribution is -1.97. The first kappa shape index (κ1) is 26.0. The Kier molecular flexibility index (Phi) is 14.0. The summed E-state index contributed by atoms with van der Waals surface area (Å²) in [5, 5.41) is 3.13. The molecular weight excluding hydrogens is 397 g/mol. The molecule has 0 amide bonds. The van der Waals surface area contributed by atoms with Gasteiger partial charge in [0.25, 0.3) is 0 Å². The molecule has 0 saturated heterocycles. The molecule has 32 heavy (non-hydrogen) atoms. The van der Waals surface area contributed by atoms with Crippen molar-refractivity contribution in [3.05, 3.63) is 59.7 Å². The zero-order valence-electron chi connectivity index (χ0n) is 20.0. The van der Waals surface area contributed by atoms with Gasteiger partial charge < -0.3 is 10.1 Å². The Morgan fingerprint density at radius 2 is 1.06 bits per heavy atom. The Bertz CT molecular complexity index is 724. The van der Waals surface area contributed by atoms with Crippen molar-refractivity contribution in [1.82, 2.24) is 0 Å². The van der Waals surface area contributed by atoms with Crippen LogP contribution in [0.15, 0.2) is 48.5 Å². The van der Waals surface area contributed by atoms with Crippen molar-refractivity contribution in [2.45, 2.75) is 77.0 Å². The van der Waals surface area contributed by atoms with Gasteiger partial charge in [-0.25, -0.2) is 0 Å². The largest absolute Gasteiger partial charge is 0.494 e. The predicted molar refractivity (Wildman–Crippen MR) is 138 cm³/mol. The van der Waals surface area contributed by atoms with Crippen LogP contribution < -0.4 is 10.1 Å². The van der Waals surface area contributed by atoms with E-state index < -0.39 is 0 Å². The number of anilines is 1. The number of rotatable bonds is 18. The number of alkyl halides is 1. The topological polar surface area (TPSA) is 21.3 Å². The van der Waals surface area contributed by atoms with Gasteiger partial charge in [0.15, 0.2) is 0 Å². The SMILES string of the molecule is CNc1ccc(/C=C/c2ccc(OCCCCCCCCCCCCCCF)cc2)cc1. The molecule has 0 spiro atoms. The van der Waals surface area contributed by atoms with Gasteiger partial charge >= 0.3 is 0 Å². The average molecular weight is 440 g/mol. The van der Waals surface area contributed by atoms with Crippen molar-refractivity contribution >= 4 is 17.8 Å². The van der Waals surface area contributed by atoms with Gasteiger partial charge in [-0.15, -0.1) is 0 Å². The van der Waals surface area contributed by atoms with Gasteiger partial charge in [-0.05, 0) is 48.2 Å². The third-order valence-electron chi connectivity index (χ3n) is 5.84. The summed E-state index contributed by atoms with van der Waals surface area (Å²) in [4.78, 5) is 0. The Labute approximate surface area is 195 Å². The van der Waals surface area contributed by atoms with E-state index >= 15 is 0 Å². The number of unbranched alkanes of at least 4 members (excludes halogenated alkanes) is 11. The second-order valence-electron chi connectivity index (χ2n) is 8.55. The Morgan fingerprint density at radius 3 is 1.53 bits per heavy atom. The van der Waals surface area contributed by atoms with Crippen molar-refractivity contribution in [3.63, 3.8) is 0 Å². The average Bonchev–Trinajstić information content (AvgIpc) is 2.84. The molecule has 2 aromatic carbocycles. The van der Waals surface area contributed by atoms with E-state index in [-0.39, 0.29) is 6.67 Å². The van der Waals surface area contributed by atoms with Gasteiger partial charge in [0.1, 0.15) is 5.75 Å². The van der Waals surface area contributed by atoms with Crippen LogP contribution in [0.1, 0.15) is 88.2 Å². The van der Waals surface area contributed by atoms with Crippen LogP contribution in [-0.2, 0) is 0 Å². The van der Waals surface area contributed by atoms with Crippen LogP contribution in [0.25, 0.3) is 12.2 Å². The molecule has 0 saturated carbocycles. The lowest BCUT2D eigenvalue weighted by Gasteiger charge is -2.07. The van der Waals surface area contributed by atoms with Crippen molar-refractivity contribution in [1.29, 1.82) is 0 Å². The summed E-state index contributed by atoms with van der Waals surface area (Å²) >= 11 is 0. The third-order valence-corrected chi connectivity index (χ3v) is 5.84. The lowest BCUT2D eigenvalue weighted by molar-refractivity contribution is 0.304. The molecule has 1 N–H and O–H groups in total. The fourth-order valence-electron chi connectivity index (χ4n) is 3.78. The minimum Gasteiger partial charge on any atom is -0.494 e. The van der Waals surface area contributed by atoms with Crippen molar-refractivity contribution in [2.24, 2.45) is 0 Å². The number of nitrogens with one attached hydrogen (secondary N) is 1. The molecule has 0 bridgehead atoms. The van der Waals surface area contributed by atoms with Gasteiger partial charge in [-0.2, -0.15) is 0 Å². The first-order valence-corrected chi connectivity index (χ1v) is 12.6. The lowest BCUT2D eigenvalue weighted by atomic mass is 10.1. The summed E-state index contributed by atoms with van der Waals surface area (Å²) in [6.07, 6.45) is 18.9. The molecule has 3 heteroatoms. The highest BCUT2D eigenvalue weighted by Crippen LogP contribution is 2.17. The third kappa shape index (κ3) is 11.9. The van der Waals surface area contributed by atoms with Crippen LogP contribution in [-0.4, -0.2) is 20.3 Å². The summed E-state index contributed by atoms with van der Waals surface area (Å²) in [5.41, 5.74) is 3.49. The second-order valence-corrected chi connectivity index (χ2v) is 8.55. The highest BCUT2D eigenvalue weighted by Gasteiger charge is 1.97. The summed E-state index contributed by atoms with van der Waals surface area (Å²) in [6.45, 7) is 0.647. The standard InChI is InChI=1S/C29H42FNO/c1-31-28-20-16-26(17-21-28)14-15-27-18-22-29(23-19-27)32-25-13-11-9-7-5-3-2-4-6-8-10-12-24-30/h14-23,31H,2-13,24-25H2,1H3/b15-14+. The zero-order valence-corrected chi connectivity index (χ0v) is 20.0. The van der Waals surface area contributed by atoms with E-state index in [4.69, 9.17) is 4.74 Å². The molecule has 2 aromatic rings. The minimum atomic E-state index is -0.150. The molecule has 176 valence electrons. The highest BCUT2D eigenvalue weighted by molar-refractivity contribution is 5.70. The number of ether oxygens (including phenoxy) is 1. The van der Waals surface area contributed by atoms with E-state index in [2.05, 4.69) is 66.0 Å². The maximum absolute atomic E-state index is 12.0. The molecular formula is C29H42FNO. The molecule has 0 aliphatic heterocycles. The minimum absolute atomic E-state index is 0.150. The smallest absolute Gasteiger partial charge is 0.119 e. The number of hydrogen-bond donors (Lipinski definition) is 1. The van der Waals surface area contributed by atoms with Crippen LogP contribution in [0.5, 0.6) is 5.75 Å². The first-order valence-electron chi connectivity index (χ1n) is 12.6. The molecule has 0 atom stereocenters. The fourth-order valence-corrected chi connectivity index (χ4v) is 3.78. The maximum Gasteiger partial charge on any atom is 0.119 e. The monoisotopic (exact) mass is 439 g/mol. The summed E-state index contributed by atoms with van der Waals surface area (Å²) < 4.78 is 17.9. The first-order chi connectivity index (χ1) is 15.8. The number of benzene rings is 2. The van der Waals surface area contributed by atoms with E-state index in [0.29, 0.717) is 0 Å². The molecule has 0 heterocycles. The van der Waals surface area contributed by atoms with Gasteiger partial charge in [-0.1, -0.05) is 101 Å². The van der Waals surface area contributed by atoms with E-state index in [1.165, 1.54) is 68.9 Å². The summed E-state index contributed by atoms with van der Waals surface area (Å²) in [5.74, 6) is 0.951. The van der Waals surface area contributed by atoms with E-state index in [1.807, 2.05) is 7.05 Å². The van der Waals surface area contributed by atoms with Crippen molar-refractivity contribution in [2.75, 3.05) is 25.6 Å². The van der Waals surface area contributed by atoms with Crippen LogP contribution in [0.4, 0.5) is 10.1 Å². The van der Waals surface area contributed by atoms with Crippen molar-refractivity contribution < 1.29 is 9.13 Å². The molecule has 0 fully saturated rings. The van der Waals surface area contributed by atoms with Gasteiger partial charge in [0.2, 0.25) is 0 Å². The highest BCUT2D eigenvalue weighted by atomic mass is 19.1. The zero-order chi connectivity index (χ0) is 22.7. The molecule has 0 aromatic heterocycles. The predicted octanol–water partition coefficient (Wildman–Crippen LogP) is 8.93. The van der Waals surface area contributed by atoms with Crippen LogP contribution in [0.3, 0.4) is 0 Å². The van der Waals surface area contributed by atoms with Crippen LogP contribution in [0, 0.1) is 0 Å². The Morgan fingerprint density at radius 1 is 0.625 bits per heavy atom. The van der Waals surface area contributed by atoms with Crippen LogP contribution in [0.2, 0.25) is 0 Å². The van der Waals surface area contributed by atoms with Crippen molar-refractivity contribution in [3.8, 4) is 5.75 Å². The van der Waals surface area contributed by atoms with E-state index in [0.717, 1.165) is 37.3 Å². The summed E-state index contributed by atoms with van der Waals surface area (Å²) in [7, 11) is 1.93. The molecule has 0 aliphatic rings. The second kappa shape index (κ2) is 17.3. The number of hydrogen-bond acceptors (Lipinski definition) is 2. The molecule has 2 nitrogen and oxygen atoms in total. The Balaban J connectivity index is 1.47. The van der Waals surface area contributed by atoms with Gasteiger partial charge in [0.05, 0.1) is 13.3 Å². The van der Waals surface area contributed by atoms with Gasteiger partial charge in [0, 0.05) is 12.7 Å². The van der Waals surface area contributed by atoms with E-state index in [9.17, 15) is 4.39 Å². The van der Waals surface area contributed by atoms with E-state index in [1.54, 1.807) is 0 Å². The maximum atomic E-state index is 12.0. The Hall–Kier alpha value is -2.29. The molecule has 0 unspecified atom stereocenters. The van der Waals surface area contributed by atoms with Gasteiger partial charge in [-0.3, -0.25) is 4.39 Å². The fraction of sp³-hybridized carbons (Fsp3) is 0.517. The normalized spacial score (nSPS) is 11.2.